The third kappa shape index (κ3) is 3.81. The molecule has 0 saturated carbocycles. The van der Waals surface area contributed by atoms with Gasteiger partial charge in [0.05, 0.1) is 6.04 Å². The first-order chi connectivity index (χ1) is 13.3. The number of hydrogen-bond acceptors (Lipinski definition) is 5. The average Bonchev–Trinajstić information content (AvgIpc) is 2.99. The van der Waals surface area contributed by atoms with Gasteiger partial charge in [0.25, 0.3) is 0 Å². The lowest BCUT2D eigenvalue weighted by atomic mass is 9.93. The Morgan fingerprint density at radius 2 is 1.81 bits per heavy atom. The molecule has 1 unspecified atom stereocenters. The lowest BCUT2D eigenvalue weighted by molar-refractivity contribution is -0.137. The van der Waals surface area contributed by atoms with Crippen LogP contribution in [0.15, 0.2) is 42.7 Å². The summed E-state index contributed by atoms with van der Waals surface area (Å²) in [6, 6.07) is 10.3. The summed E-state index contributed by atoms with van der Waals surface area (Å²) >= 11 is 0. The highest BCUT2D eigenvalue weighted by molar-refractivity contribution is 5.82. The maximum Gasteiger partial charge on any atom is 0.240 e. The zero-order valence-corrected chi connectivity index (χ0v) is 15.9. The van der Waals surface area contributed by atoms with Gasteiger partial charge in [-0.2, -0.15) is 0 Å². The molecule has 1 saturated heterocycles. The van der Waals surface area contributed by atoms with Crippen molar-refractivity contribution in [2.75, 3.05) is 37.6 Å². The summed E-state index contributed by atoms with van der Waals surface area (Å²) in [5, 5.41) is 0. The highest BCUT2D eigenvalue weighted by atomic mass is 16.2. The van der Waals surface area contributed by atoms with Crippen LogP contribution < -0.4 is 4.90 Å². The SMILES string of the molecule is CCN1Cc2ccccc2CC1C(=O)N1CCCN(c2ncccn2)CC1. The second kappa shape index (κ2) is 8.05. The second-order valence-corrected chi connectivity index (χ2v) is 7.27. The van der Waals surface area contributed by atoms with Crippen molar-refractivity contribution >= 4 is 11.9 Å². The molecular weight excluding hydrogens is 338 g/mol. The van der Waals surface area contributed by atoms with Gasteiger partial charge in [-0.25, -0.2) is 9.97 Å². The molecule has 27 heavy (non-hydrogen) atoms. The van der Waals surface area contributed by atoms with Crippen molar-refractivity contribution in [1.82, 2.24) is 19.8 Å². The zero-order valence-electron chi connectivity index (χ0n) is 15.9. The smallest absolute Gasteiger partial charge is 0.240 e. The van der Waals surface area contributed by atoms with Crippen molar-refractivity contribution < 1.29 is 4.79 Å². The van der Waals surface area contributed by atoms with E-state index < -0.39 is 0 Å². The number of anilines is 1. The van der Waals surface area contributed by atoms with E-state index in [2.05, 4.69) is 51.0 Å². The minimum absolute atomic E-state index is 0.0515. The largest absolute Gasteiger partial charge is 0.339 e. The molecule has 1 amide bonds. The topological polar surface area (TPSA) is 52.6 Å². The number of fused-ring (bicyclic) bond motifs is 1. The molecule has 0 N–H and O–H groups in total. The van der Waals surface area contributed by atoms with E-state index in [1.165, 1.54) is 11.1 Å². The van der Waals surface area contributed by atoms with E-state index in [0.29, 0.717) is 0 Å². The van der Waals surface area contributed by atoms with Gasteiger partial charge < -0.3 is 9.80 Å². The van der Waals surface area contributed by atoms with E-state index in [-0.39, 0.29) is 11.9 Å². The van der Waals surface area contributed by atoms with Crippen LogP contribution >= 0.6 is 0 Å². The van der Waals surface area contributed by atoms with Crippen molar-refractivity contribution in [3.05, 3.63) is 53.9 Å². The minimum Gasteiger partial charge on any atom is -0.339 e. The molecule has 142 valence electrons. The molecular formula is C21H27N5O. The molecule has 0 spiro atoms. The summed E-state index contributed by atoms with van der Waals surface area (Å²) in [4.78, 5) is 28.6. The standard InChI is InChI=1S/C21H27N5O/c1-2-24-16-18-8-4-3-7-17(18)15-19(24)20(27)25-11-6-12-26(14-13-25)21-22-9-5-10-23-21/h3-5,7-10,19H,2,6,11-16H2,1H3. The Balaban J connectivity index is 1.46. The summed E-state index contributed by atoms with van der Waals surface area (Å²) in [5.74, 6) is 1.02. The summed E-state index contributed by atoms with van der Waals surface area (Å²) < 4.78 is 0. The molecule has 1 fully saturated rings. The van der Waals surface area contributed by atoms with Crippen LogP contribution in [0.2, 0.25) is 0 Å². The van der Waals surface area contributed by atoms with Gasteiger partial charge in [0.15, 0.2) is 0 Å². The van der Waals surface area contributed by atoms with Gasteiger partial charge in [0.1, 0.15) is 0 Å². The van der Waals surface area contributed by atoms with E-state index in [1.807, 2.05) is 11.0 Å². The van der Waals surface area contributed by atoms with Crippen LogP contribution in [0.3, 0.4) is 0 Å². The maximum atomic E-state index is 13.4. The molecule has 1 aromatic carbocycles. The van der Waals surface area contributed by atoms with E-state index in [0.717, 1.165) is 58.1 Å². The van der Waals surface area contributed by atoms with Gasteiger partial charge in [-0.15, -0.1) is 0 Å². The van der Waals surface area contributed by atoms with Gasteiger partial charge >= 0.3 is 0 Å². The fourth-order valence-electron chi connectivity index (χ4n) is 4.16. The van der Waals surface area contributed by atoms with Crippen molar-refractivity contribution in [2.24, 2.45) is 0 Å². The van der Waals surface area contributed by atoms with Crippen LogP contribution in [0.25, 0.3) is 0 Å². The van der Waals surface area contributed by atoms with Crippen LogP contribution in [-0.2, 0) is 17.8 Å². The number of carbonyl (C=O) groups is 1. The normalized spacial score (nSPS) is 20.9. The highest BCUT2D eigenvalue weighted by Gasteiger charge is 2.34. The Hall–Kier alpha value is -2.47. The molecule has 2 aromatic rings. The fourth-order valence-corrected chi connectivity index (χ4v) is 4.16. The summed E-state index contributed by atoms with van der Waals surface area (Å²) in [6.07, 6.45) is 5.30. The molecule has 6 heteroatoms. The molecule has 2 aliphatic rings. The molecule has 3 heterocycles. The third-order valence-electron chi connectivity index (χ3n) is 5.68. The van der Waals surface area contributed by atoms with Crippen LogP contribution in [0.4, 0.5) is 5.95 Å². The Bertz CT molecular complexity index is 781. The van der Waals surface area contributed by atoms with Crippen LogP contribution in [0, 0.1) is 0 Å². The van der Waals surface area contributed by atoms with Gasteiger partial charge in [0, 0.05) is 45.1 Å². The number of hydrogen-bond donors (Lipinski definition) is 0. The number of amides is 1. The molecule has 1 atom stereocenters. The summed E-state index contributed by atoms with van der Waals surface area (Å²) in [7, 11) is 0. The number of carbonyl (C=O) groups excluding carboxylic acids is 1. The molecule has 1 aromatic heterocycles. The summed E-state index contributed by atoms with van der Waals surface area (Å²) in [5.41, 5.74) is 2.67. The van der Waals surface area contributed by atoms with Crippen molar-refractivity contribution in [3.8, 4) is 0 Å². The van der Waals surface area contributed by atoms with E-state index >= 15 is 0 Å². The monoisotopic (exact) mass is 365 g/mol. The lowest BCUT2D eigenvalue weighted by Gasteiger charge is -2.37. The van der Waals surface area contributed by atoms with Crippen LogP contribution in [0.5, 0.6) is 0 Å². The van der Waals surface area contributed by atoms with Gasteiger partial charge in [-0.1, -0.05) is 31.2 Å². The van der Waals surface area contributed by atoms with E-state index in [1.54, 1.807) is 12.4 Å². The Kier molecular flexibility index (Phi) is 5.34. The number of likely N-dealkylation sites (N-methyl/N-ethyl adjacent to an activating group) is 1. The predicted octanol–water partition coefficient (Wildman–Crippen LogP) is 1.96. The van der Waals surface area contributed by atoms with Gasteiger partial charge in [0.2, 0.25) is 11.9 Å². The molecule has 0 radical (unpaired) electrons. The highest BCUT2D eigenvalue weighted by Crippen LogP contribution is 2.24. The van der Waals surface area contributed by atoms with Gasteiger partial charge in [-0.05, 0) is 36.6 Å². The first-order valence-electron chi connectivity index (χ1n) is 9.88. The first kappa shape index (κ1) is 17.9. The Labute approximate surface area is 160 Å². The zero-order chi connectivity index (χ0) is 18.6. The minimum atomic E-state index is -0.0515. The van der Waals surface area contributed by atoms with Crippen molar-refractivity contribution in [2.45, 2.75) is 32.4 Å². The van der Waals surface area contributed by atoms with Crippen LogP contribution in [-0.4, -0.2) is 64.4 Å². The predicted molar refractivity (Wildman–Crippen MR) is 105 cm³/mol. The summed E-state index contributed by atoms with van der Waals surface area (Å²) in [6.45, 7) is 7.10. The Morgan fingerprint density at radius 1 is 1.04 bits per heavy atom. The van der Waals surface area contributed by atoms with Crippen molar-refractivity contribution in [1.29, 1.82) is 0 Å². The molecule has 6 nitrogen and oxygen atoms in total. The number of rotatable bonds is 3. The third-order valence-corrected chi connectivity index (χ3v) is 5.68. The fraction of sp³-hybridized carbons (Fsp3) is 0.476. The average molecular weight is 365 g/mol. The van der Waals surface area contributed by atoms with E-state index in [4.69, 9.17) is 0 Å². The molecule has 4 rings (SSSR count). The quantitative estimate of drug-likeness (QED) is 0.832. The van der Waals surface area contributed by atoms with Crippen LogP contribution in [0.1, 0.15) is 24.5 Å². The maximum absolute atomic E-state index is 13.4. The van der Waals surface area contributed by atoms with Gasteiger partial charge in [-0.3, -0.25) is 9.69 Å². The molecule has 2 aliphatic heterocycles. The number of nitrogens with zero attached hydrogens (tertiary/aromatic N) is 5. The van der Waals surface area contributed by atoms with Crippen molar-refractivity contribution in [3.63, 3.8) is 0 Å². The first-order valence-corrected chi connectivity index (χ1v) is 9.88. The Morgan fingerprint density at radius 3 is 2.59 bits per heavy atom. The van der Waals surface area contributed by atoms with E-state index in [9.17, 15) is 4.79 Å². The molecule has 0 bridgehead atoms. The molecule has 0 aliphatic carbocycles. The number of aromatic nitrogens is 2. The number of benzene rings is 1. The lowest BCUT2D eigenvalue weighted by Crippen LogP contribution is -2.52. The second-order valence-electron chi connectivity index (χ2n) is 7.27.